The largest absolute Gasteiger partial charge is 0.478 e. The predicted octanol–water partition coefficient (Wildman–Crippen LogP) is 1.46. The Morgan fingerprint density at radius 3 is 2.71 bits per heavy atom. The first-order chi connectivity index (χ1) is 8.22. The SMILES string of the molecule is O=C(O)C(Oc1ccccc1CCO)C1CC1. The van der Waals surface area contributed by atoms with Crippen molar-refractivity contribution in [1.29, 1.82) is 0 Å². The van der Waals surface area contributed by atoms with Crippen LogP contribution in [0.25, 0.3) is 0 Å². The lowest BCUT2D eigenvalue weighted by Crippen LogP contribution is -2.29. The zero-order chi connectivity index (χ0) is 12.3. The van der Waals surface area contributed by atoms with Crippen LogP contribution in [0.1, 0.15) is 18.4 Å². The molecule has 0 heterocycles. The second kappa shape index (κ2) is 5.19. The van der Waals surface area contributed by atoms with Gasteiger partial charge in [0, 0.05) is 12.5 Å². The molecular weight excluding hydrogens is 220 g/mol. The standard InChI is InChI=1S/C13H16O4/c14-8-7-9-3-1-2-4-11(9)17-12(13(15)16)10-5-6-10/h1-4,10,12,14H,5-8H2,(H,15,16). The van der Waals surface area contributed by atoms with Gasteiger partial charge in [0.25, 0.3) is 0 Å². The van der Waals surface area contributed by atoms with Crippen LogP contribution in [0.3, 0.4) is 0 Å². The van der Waals surface area contributed by atoms with Crippen LogP contribution in [0.5, 0.6) is 5.75 Å². The monoisotopic (exact) mass is 236 g/mol. The molecular formula is C13H16O4. The van der Waals surface area contributed by atoms with Crippen molar-refractivity contribution in [3.8, 4) is 5.75 Å². The van der Waals surface area contributed by atoms with Crippen LogP contribution in [0, 0.1) is 5.92 Å². The Hall–Kier alpha value is -1.55. The van der Waals surface area contributed by atoms with Crippen molar-refractivity contribution >= 4 is 5.97 Å². The first kappa shape index (κ1) is 11.9. The summed E-state index contributed by atoms with van der Waals surface area (Å²) in [5.41, 5.74) is 0.849. The molecule has 0 spiro atoms. The molecule has 2 N–H and O–H groups in total. The van der Waals surface area contributed by atoms with Gasteiger partial charge < -0.3 is 14.9 Å². The second-order valence-corrected chi connectivity index (χ2v) is 4.30. The van der Waals surface area contributed by atoms with Gasteiger partial charge in [0.15, 0.2) is 6.10 Å². The molecule has 1 saturated carbocycles. The van der Waals surface area contributed by atoms with Crippen molar-refractivity contribution in [2.24, 2.45) is 5.92 Å². The Morgan fingerprint density at radius 1 is 1.41 bits per heavy atom. The summed E-state index contributed by atoms with van der Waals surface area (Å²) in [6, 6.07) is 7.26. The fourth-order valence-corrected chi connectivity index (χ4v) is 1.83. The van der Waals surface area contributed by atoms with Gasteiger partial charge in [0.2, 0.25) is 0 Å². The van der Waals surface area contributed by atoms with Crippen molar-refractivity contribution in [3.05, 3.63) is 29.8 Å². The van der Waals surface area contributed by atoms with E-state index in [4.69, 9.17) is 14.9 Å². The summed E-state index contributed by atoms with van der Waals surface area (Å²) < 4.78 is 5.57. The highest BCUT2D eigenvalue weighted by Crippen LogP contribution is 2.35. The van der Waals surface area contributed by atoms with Gasteiger partial charge in [-0.1, -0.05) is 18.2 Å². The minimum atomic E-state index is -0.911. The quantitative estimate of drug-likeness (QED) is 0.784. The minimum absolute atomic E-state index is 0.0293. The molecule has 2 rings (SSSR count). The van der Waals surface area contributed by atoms with Crippen LogP contribution < -0.4 is 4.74 Å². The number of benzene rings is 1. The Labute approximate surface area is 99.8 Å². The third-order valence-corrected chi connectivity index (χ3v) is 2.90. The highest BCUT2D eigenvalue weighted by Gasteiger charge is 2.38. The number of aliphatic hydroxyl groups is 1. The number of carboxylic acid groups (broad SMARTS) is 1. The summed E-state index contributed by atoms with van der Waals surface area (Å²) in [6.07, 6.45) is 1.56. The second-order valence-electron chi connectivity index (χ2n) is 4.30. The Morgan fingerprint density at radius 2 is 2.12 bits per heavy atom. The highest BCUT2D eigenvalue weighted by atomic mass is 16.5. The fraction of sp³-hybridized carbons (Fsp3) is 0.462. The summed E-state index contributed by atoms with van der Waals surface area (Å²) >= 11 is 0. The Bertz CT molecular complexity index is 398. The molecule has 1 unspecified atom stereocenters. The number of aliphatic hydroxyl groups excluding tert-OH is 1. The molecule has 0 radical (unpaired) electrons. The number of ether oxygens (including phenoxy) is 1. The smallest absolute Gasteiger partial charge is 0.345 e. The molecule has 0 saturated heterocycles. The lowest BCUT2D eigenvalue weighted by Gasteiger charge is -2.16. The topological polar surface area (TPSA) is 66.8 Å². The predicted molar refractivity (Wildman–Crippen MR) is 62.0 cm³/mol. The summed E-state index contributed by atoms with van der Waals surface area (Å²) in [6.45, 7) is 0.0293. The third kappa shape index (κ3) is 2.97. The van der Waals surface area contributed by atoms with E-state index < -0.39 is 12.1 Å². The normalized spacial score (nSPS) is 16.5. The van der Waals surface area contributed by atoms with Gasteiger partial charge in [-0.05, 0) is 30.9 Å². The summed E-state index contributed by atoms with van der Waals surface area (Å²) in [7, 11) is 0. The van der Waals surface area contributed by atoms with E-state index in [1.54, 1.807) is 6.07 Å². The van der Waals surface area contributed by atoms with Gasteiger partial charge in [-0.2, -0.15) is 0 Å². The van der Waals surface area contributed by atoms with E-state index >= 15 is 0 Å². The van der Waals surface area contributed by atoms with Gasteiger partial charge in [-0.15, -0.1) is 0 Å². The number of carboxylic acids is 1. The van der Waals surface area contributed by atoms with E-state index in [0.717, 1.165) is 18.4 Å². The van der Waals surface area contributed by atoms with Crippen LogP contribution in [-0.2, 0) is 11.2 Å². The number of rotatable bonds is 6. The van der Waals surface area contributed by atoms with Gasteiger partial charge in [-0.3, -0.25) is 0 Å². The number of para-hydroxylation sites is 1. The van der Waals surface area contributed by atoms with E-state index in [0.29, 0.717) is 12.2 Å². The highest BCUT2D eigenvalue weighted by molar-refractivity contribution is 5.73. The summed E-state index contributed by atoms with van der Waals surface area (Å²) in [5.74, 6) is -0.207. The van der Waals surface area contributed by atoms with E-state index in [2.05, 4.69) is 0 Å². The van der Waals surface area contributed by atoms with E-state index in [-0.39, 0.29) is 12.5 Å². The van der Waals surface area contributed by atoms with Crippen LogP contribution in [0.15, 0.2) is 24.3 Å². The molecule has 1 aliphatic carbocycles. The zero-order valence-electron chi connectivity index (χ0n) is 9.50. The maximum atomic E-state index is 11.1. The van der Waals surface area contributed by atoms with E-state index in [1.165, 1.54) is 0 Å². The van der Waals surface area contributed by atoms with E-state index in [1.807, 2.05) is 18.2 Å². The summed E-state index contributed by atoms with van der Waals surface area (Å²) in [4.78, 5) is 11.1. The van der Waals surface area contributed by atoms with Crippen molar-refractivity contribution in [1.82, 2.24) is 0 Å². The molecule has 0 amide bonds. The first-order valence-corrected chi connectivity index (χ1v) is 5.80. The van der Waals surface area contributed by atoms with Crippen molar-refractivity contribution in [3.63, 3.8) is 0 Å². The summed E-state index contributed by atoms with van der Waals surface area (Å²) in [5, 5.41) is 18.0. The van der Waals surface area contributed by atoms with Crippen LogP contribution >= 0.6 is 0 Å². The molecule has 0 bridgehead atoms. The average Bonchev–Trinajstić information content (AvgIpc) is 3.12. The van der Waals surface area contributed by atoms with Crippen molar-refractivity contribution in [2.45, 2.75) is 25.4 Å². The molecule has 4 nitrogen and oxygen atoms in total. The minimum Gasteiger partial charge on any atom is -0.478 e. The zero-order valence-corrected chi connectivity index (χ0v) is 9.50. The maximum absolute atomic E-state index is 11.1. The number of aliphatic carboxylic acids is 1. The Balaban J connectivity index is 2.13. The van der Waals surface area contributed by atoms with Crippen LogP contribution in [0.4, 0.5) is 0 Å². The Kier molecular flexibility index (Phi) is 3.64. The van der Waals surface area contributed by atoms with Gasteiger partial charge in [0.05, 0.1) is 0 Å². The average molecular weight is 236 g/mol. The van der Waals surface area contributed by atoms with E-state index in [9.17, 15) is 4.79 Å². The van der Waals surface area contributed by atoms with Gasteiger partial charge in [-0.25, -0.2) is 4.79 Å². The molecule has 1 aromatic rings. The number of hydrogen-bond donors (Lipinski definition) is 2. The molecule has 0 aliphatic heterocycles. The number of hydrogen-bond acceptors (Lipinski definition) is 3. The third-order valence-electron chi connectivity index (χ3n) is 2.90. The molecule has 1 aromatic carbocycles. The van der Waals surface area contributed by atoms with Crippen molar-refractivity contribution < 1.29 is 19.7 Å². The molecule has 1 aliphatic rings. The van der Waals surface area contributed by atoms with Gasteiger partial charge in [0.1, 0.15) is 5.75 Å². The molecule has 92 valence electrons. The van der Waals surface area contributed by atoms with Crippen LogP contribution in [0.2, 0.25) is 0 Å². The molecule has 17 heavy (non-hydrogen) atoms. The molecule has 4 heteroatoms. The maximum Gasteiger partial charge on any atom is 0.345 e. The van der Waals surface area contributed by atoms with Gasteiger partial charge >= 0.3 is 5.97 Å². The molecule has 1 atom stereocenters. The molecule has 0 aromatic heterocycles. The number of carbonyl (C=O) groups is 1. The first-order valence-electron chi connectivity index (χ1n) is 5.80. The van der Waals surface area contributed by atoms with Crippen molar-refractivity contribution in [2.75, 3.05) is 6.61 Å². The van der Waals surface area contributed by atoms with Crippen LogP contribution in [-0.4, -0.2) is 28.9 Å². The fourth-order valence-electron chi connectivity index (χ4n) is 1.83. The lowest BCUT2D eigenvalue weighted by molar-refractivity contribution is -0.146. The lowest BCUT2D eigenvalue weighted by atomic mass is 10.1. The molecule has 1 fully saturated rings.